The van der Waals surface area contributed by atoms with Crippen LogP contribution in [-0.4, -0.2) is 41.4 Å². The van der Waals surface area contributed by atoms with Gasteiger partial charge in [0.25, 0.3) is 0 Å². The van der Waals surface area contributed by atoms with Crippen molar-refractivity contribution in [1.82, 2.24) is 10.2 Å². The molecule has 2 saturated heterocycles. The molecule has 25 heavy (non-hydrogen) atoms. The highest BCUT2D eigenvalue weighted by atomic mass is 35.5. The molecule has 0 saturated carbocycles. The number of piperidine rings is 2. The zero-order chi connectivity index (χ0) is 18.0. The summed E-state index contributed by atoms with van der Waals surface area (Å²) in [6.07, 6.45) is 5.12. The summed E-state index contributed by atoms with van der Waals surface area (Å²) < 4.78 is 0. The van der Waals surface area contributed by atoms with Gasteiger partial charge >= 0.3 is 0 Å². The Kier molecular flexibility index (Phi) is 5.87. The molecule has 3 rings (SSSR count). The maximum absolute atomic E-state index is 12.5. The monoisotopic (exact) mass is 383 g/mol. The molecule has 0 aromatic heterocycles. The van der Waals surface area contributed by atoms with Crippen LogP contribution < -0.4 is 10.6 Å². The van der Waals surface area contributed by atoms with Crippen LogP contribution in [0.15, 0.2) is 18.2 Å². The number of anilines is 1. The molecule has 2 atom stereocenters. The molecule has 2 amide bonds. The molecule has 0 aliphatic carbocycles. The summed E-state index contributed by atoms with van der Waals surface area (Å²) in [5, 5.41) is 6.69. The number of halogens is 2. The van der Waals surface area contributed by atoms with Crippen LogP contribution in [0, 0.1) is 0 Å². The molecule has 2 fully saturated rings. The molecule has 7 heteroatoms. The van der Waals surface area contributed by atoms with Crippen molar-refractivity contribution in [2.24, 2.45) is 0 Å². The molecule has 0 radical (unpaired) electrons. The van der Waals surface area contributed by atoms with Crippen molar-refractivity contribution in [2.75, 3.05) is 11.9 Å². The molecule has 5 nitrogen and oxygen atoms in total. The van der Waals surface area contributed by atoms with Gasteiger partial charge in [-0.15, -0.1) is 0 Å². The van der Waals surface area contributed by atoms with Gasteiger partial charge in [0.2, 0.25) is 11.8 Å². The standard InChI is InChI=1S/C18H23Cl2N3O2/c1-11(24)21-12-8-13-4-2-5-14(9-12)23(13)10-17(25)22-16-7-3-6-15(19)18(16)20/h3,6-7,12-14H,2,4-5,8-10H2,1H3,(H,21,24)(H,22,25)/t13-,14-/m1/s1. The predicted molar refractivity (Wildman–Crippen MR) is 100 cm³/mol. The Morgan fingerprint density at radius 3 is 2.52 bits per heavy atom. The molecule has 136 valence electrons. The van der Waals surface area contributed by atoms with Crippen molar-refractivity contribution >= 4 is 40.7 Å². The van der Waals surface area contributed by atoms with E-state index in [1.807, 2.05) is 0 Å². The van der Waals surface area contributed by atoms with Gasteiger partial charge in [-0.05, 0) is 37.8 Å². The maximum Gasteiger partial charge on any atom is 0.238 e. The van der Waals surface area contributed by atoms with E-state index in [9.17, 15) is 9.59 Å². The molecule has 0 spiro atoms. The lowest BCUT2D eigenvalue weighted by atomic mass is 9.81. The number of rotatable bonds is 4. The second-order valence-corrected chi connectivity index (χ2v) is 7.71. The maximum atomic E-state index is 12.5. The van der Waals surface area contributed by atoms with Crippen molar-refractivity contribution in [1.29, 1.82) is 0 Å². The fourth-order valence-electron chi connectivity index (χ4n) is 4.10. The van der Waals surface area contributed by atoms with Crippen molar-refractivity contribution < 1.29 is 9.59 Å². The van der Waals surface area contributed by atoms with Crippen LogP contribution in [0.5, 0.6) is 0 Å². The number of carbonyl (C=O) groups excluding carboxylic acids is 2. The molecule has 2 aliphatic rings. The minimum atomic E-state index is -0.0842. The summed E-state index contributed by atoms with van der Waals surface area (Å²) in [6.45, 7) is 1.90. The van der Waals surface area contributed by atoms with E-state index in [2.05, 4.69) is 15.5 Å². The molecule has 2 aliphatic heterocycles. The SMILES string of the molecule is CC(=O)NC1C[C@H]2CCC[C@H](C1)N2CC(=O)Nc1cccc(Cl)c1Cl. The second-order valence-electron chi connectivity index (χ2n) is 6.93. The largest absolute Gasteiger partial charge is 0.353 e. The summed E-state index contributed by atoms with van der Waals surface area (Å²) in [4.78, 5) is 26.1. The van der Waals surface area contributed by atoms with E-state index >= 15 is 0 Å². The first kappa shape index (κ1) is 18.5. The highest BCUT2D eigenvalue weighted by Crippen LogP contribution is 2.34. The van der Waals surface area contributed by atoms with Crippen LogP contribution in [0.3, 0.4) is 0 Å². The number of amides is 2. The van der Waals surface area contributed by atoms with Gasteiger partial charge in [0.1, 0.15) is 0 Å². The first-order chi connectivity index (χ1) is 11.9. The molecular formula is C18H23Cl2N3O2. The Morgan fingerprint density at radius 1 is 1.20 bits per heavy atom. The number of hydrogen-bond donors (Lipinski definition) is 2. The number of benzene rings is 1. The fourth-order valence-corrected chi connectivity index (χ4v) is 4.45. The number of fused-ring (bicyclic) bond motifs is 2. The Labute approximate surface area is 158 Å². The molecule has 2 bridgehead atoms. The summed E-state index contributed by atoms with van der Waals surface area (Å²) in [7, 11) is 0. The van der Waals surface area contributed by atoms with Gasteiger partial charge in [-0.1, -0.05) is 35.7 Å². The summed E-state index contributed by atoms with van der Waals surface area (Å²) in [5.74, 6) is -0.0658. The molecule has 2 heterocycles. The summed E-state index contributed by atoms with van der Waals surface area (Å²) in [5.41, 5.74) is 0.539. The highest BCUT2D eigenvalue weighted by Gasteiger charge is 2.39. The highest BCUT2D eigenvalue weighted by molar-refractivity contribution is 6.44. The van der Waals surface area contributed by atoms with Crippen LogP contribution in [0.25, 0.3) is 0 Å². The van der Waals surface area contributed by atoms with Crippen LogP contribution in [-0.2, 0) is 9.59 Å². The molecule has 1 aromatic rings. The van der Waals surface area contributed by atoms with E-state index in [0.717, 1.165) is 25.7 Å². The van der Waals surface area contributed by atoms with E-state index in [4.69, 9.17) is 23.2 Å². The fraction of sp³-hybridized carbons (Fsp3) is 0.556. The van der Waals surface area contributed by atoms with E-state index in [1.54, 1.807) is 25.1 Å². The van der Waals surface area contributed by atoms with Gasteiger partial charge in [-0.3, -0.25) is 14.5 Å². The minimum absolute atomic E-state index is 0.0184. The first-order valence-electron chi connectivity index (χ1n) is 8.70. The third-order valence-electron chi connectivity index (χ3n) is 5.09. The zero-order valence-corrected chi connectivity index (χ0v) is 15.7. The van der Waals surface area contributed by atoms with Crippen LogP contribution in [0.4, 0.5) is 5.69 Å². The lowest BCUT2D eigenvalue weighted by Gasteiger charge is -2.48. The van der Waals surface area contributed by atoms with Crippen molar-refractivity contribution in [3.63, 3.8) is 0 Å². The third-order valence-corrected chi connectivity index (χ3v) is 5.90. The first-order valence-corrected chi connectivity index (χ1v) is 9.46. The number of nitrogens with zero attached hydrogens (tertiary/aromatic N) is 1. The minimum Gasteiger partial charge on any atom is -0.353 e. The smallest absolute Gasteiger partial charge is 0.238 e. The van der Waals surface area contributed by atoms with E-state index < -0.39 is 0 Å². The predicted octanol–water partition coefficient (Wildman–Crippen LogP) is 3.45. The zero-order valence-electron chi connectivity index (χ0n) is 14.2. The Hall–Kier alpha value is -1.30. The average Bonchev–Trinajstić information content (AvgIpc) is 2.52. The topological polar surface area (TPSA) is 61.4 Å². The van der Waals surface area contributed by atoms with Gasteiger partial charge in [0.05, 0.1) is 22.3 Å². The Morgan fingerprint density at radius 2 is 1.88 bits per heavy atom. The normalized spacial score (nSPS) is 26.1. The van der Waals surface area contributed by atoms with Crippen LogP contribution >= 0.6 is 23.2 Å². The molecule has 2 N–H and O–H groups in total. The summed E-state index contributed by atoms with van der Waals surface area (Å²) >= 11 is 12.1. The summed E-state index contributed by atoms with van der Waals surface area (Å²) in [6, 6.07) is 6.09. The van der Waals surface area contributed by atoms with Gasteiger partial charge < -0.3 is 10.6 Å². The number of carbonyl (C=O) groups is 2. The lowest BCUT2D eigenvalue weighted by molar-refractivity contribution is -0.123. The van der Waals surface area contributed by atoms with E-state index in [1.165, 1.54) is 6.42 Å². The quantitative estimate of drug-likeness (QED) is 0.836. The number of nitrogens with one attached hydrogen (secondary N) is 2. The second kappa shape index (κ2) is 7.94. The van der Waals surface area contributed by atoms with Crippen molar-refractivity contribution in [3.05, 3.63) is 28.2 Å². The van der Waals surface area contributed by atoms with Crippen molar-refractivity contribution in [2.45, 2.75) is 57.2 Å². The Balaban J connectivity index is 1.63. The van der Waals surface area contributed by atoms with Crippen LogP contribution in [0.1, 0.15) is 39.0 Å². The van der Waals surface area contributed by atoms with E-state index in [0.29, 0.717) is 34.4 Å². The van der Waals surface area contributed by atoms with Crippen molar-refractivity contribution in [3.8, 4) is 0 Å². The number of hydrogen-bond acceptors (Lipinski definition) is 3. The molecule has 1 aromatic carbocycles. The van der Waals surface area contributed by atoms with Gasteiger partial charge in [-0.2, -0.15) is 0 Å². The van der Waals surface area contributed by atoms with E-state index in [-0.39, 0.29) is 17.9 Å². The van der Waals surface area contributed by atoms with Crippen LogP contribution in [0.2, 0.25) is 10.0 Å². The lowest BCUT2D eigenvalue weighted by Crippen LogP contribution is -2.58. The third kappa shape index (κ3) is 4.46. The van der Waals surface area contributed by atoms with Gasteiger partial charge in [0, 0.05) is 25.0 Å². The van der Waals surface area contributed by atoms with Gasteiger partial charge in [0.15, 0.2) is 0 Å². The molecular weight excluding hydrogens is 361 g/mol. The average molecular weight is 384 g/mol. The van der Waals surface area contributed by atoms with Gasteiger partial charge in [-0.25, -0.2) is 0 Å². The molecule has 0 unspecified atom stereocenters. The Bertz CT molecular complexity index is 654.